The van der Waals surface area contributed by atoms with Crippen LogP contribution in [-0.2, 0) is 17.6 Å². The molecule has 24 heavy (non-hydrogen) atoms. The molecule has 5 heteroatoms. The molecule has 1 aliphatic rings. The molecule has 0 unspecified atom stereocenters. The van der Waals surface area contributed by atoms with Gasteiger partial charge in [-0.1, -0.05) is 23.7 Å². The normalized spacial score (nSPS) is 12.6. The first-order chi connectivity index (χ1) is 11.5. The Kier molecular flexibility index (Phi) is 4.86. The van der Waals surface area contributed by atoms with Crippen LogP contribution in [0.2, 0.25) is 5.02 Å². The summed E-state index contributed by atoms with van der Waals surface area (Å²) in [4.78, 5) is 24.2. The topological polar surface area (TPSA) is 58.2 Å². The Labute approximate surface area is 146 Å². The third-order valence-electron chi connectivity index (χ3n) is 4.31. The Balaban J connectivity index is 1.58. The fourth-order valence-corrected chi connectivity index (χ4v) is 3.09. The van der Waals surface area contributed by atoms with Crippen molar-refractivity contribution < 1.29 is 9.59 Å². The lowest BCUT2D eigenvalue weighted by Gasteiger charge is -2.10. The van der Waals surface area contributed by atoms with Gasteiger partial charge < -0.3 is 10.6 Å². The van der Waals surface area contributed by atoms with Gasteiger partial charge in [0.25, 0.3) is 5.91 Å². The molecule has 1 aliphatic carbocycles. The second kappa shape index (κ2) is 7.05. The molecule has 0 saturated carbocycles. The van der Waals surface area contributed by atoms with Crippen LogP contribution in [-0.4, -0.2) is 18.4 Å². The highest BCUT2D eigenvalue weighted by molar-refractivity contribution is 6.31. The Morgan fingerprint density at radius 3 is 2.75 bits per heavy atom. The van der Waals surface area contributed by atoms with E-state index in [9.17, 15) is 9.59 Å². The largest absolute Gasteiger partial charge is 0.343 e. The third-order valence-corrected chi connectivity index (χ3v) is 4.72. The number of fused-ring (bicyclic) bond motifs is 1. The number of hydrogen-bond acceptors (Lipinski definition) is 2. The monoisotopic (exact) mass is 342 g/mol. The van der Waals surface area contributed by atoms with E-state index >= 15 is 0 Å². The van der Waals surface area contributed by atoms with E-state index < -0.39 is 0 Å². The molecule has 0 radical (unpaired) electrons. The average molecular weight is 343 g/mol. The number of halogens is 1. The van der Waals surface area contributed by atoms with Crippen molar-refractivity contribution in [2.75, 3.05) is 11.9 Å². The summed E-state index contributed by atoms with van der Waals surface area (Å²) in [5, 5.41) is 6.01. The highest BCUT2D eigenvalue weighted by Gasteiger charge is 2.14. The number of nitrogens with one attached hydrogen (secondary N) is 2. The number of aryl methyl sites for hydroxylation is 2. The SMILES string of the molecule is Cc1c(Cl)cccc1NC(=O)CNC(=O)c1ccc2c(c1)CCC2. The van der Waals surface area contributed by atoms with Gasteiger partial charge in [0.15, 0.2) is 0 Å². The Bertz CT molecular complexity index is 802. The van der Waals surface area contributed by atoms with Gasteiger partial charge in [-0.2, -0.15) is 0 Å². The zero-order chi connectivity index (χ0) is 17.1. The van der Waals surface area contributed by atoms with Crippen molar-refractivity contribution >= 4 is 29.1 Å². The van der Waals surface area contributed by atoms with Crippen LogP contribution in [0.25, 0.3) is 0 Å². The van der Waals surface area contributed by atoms with Gasteiger partial charge in [-0.3, -0.25) is 9.59 Å². The van der Waals surface area contributed by atoms with Gasteiger partial charge in [0.05, 0.1) is 6.54 Å². The van der Waals surface area contributed by atoms with Gasteiger partial charge in [0.2, 0.25) is 5.91 Å². The van der Waals surface area contributed by atoms with Gasteiger partial charge in [-0.15, -0.1) is 0 Å². The van der Waals surface area contributed by atoms with Crippen LogP contribution in [0.3, 0.4) is 0 Å². The molecule has 0 heterocycles. The fourth-order valence-electron chi connectivity index (χ4n) is 2.91. The number of carbonyl (C=O) groups is 2. The molecule has 4 nitrogen and oxygen atoms in total. The summed E-state index contributed by atoms with van der Waals surface area (Å²) in [5.74, 6) is -0.516. The minimum atomic E-state index is -0.283. The van der Waals surface area contributed by atoms with Gasteiger partial charge in [-0.05, 0) is 67.1 Å². The van der Waals surface area contributed by atoms with Crippen molar-refractivity contribution in [3.05, 3.63) is 63.7 Å². The fraction of sp³-hybridized carbons (Fsp3) is 0.263. The zero-order valence-corrected chi connectivity index (χ0v) is 14.2. The maximum atomic E-state index is 12.2. The highest BCUT2D eigenvalue weighted by atomic mass is 35.5. The molecule has 124 valence electrons. The van der Waals surface area contributed by atoms with Gasteiger partial charge >= 0.3 is 0 Å². The molecule has 2 amide bonds. The molecule has 2 N–H and O–H groups in total. The number of carbonyl (C=O) groups excluding carboxylic acids is 2. The number of rotatable bonds is 4. The molecular weight excluding hydrogens is 324 g/mol. The summed E-state index contributed by atoms with van der Waals surface area (Å²) in [6.07, 6.45) is 3.24. The van der Waals surface area contributed by atoms with E-state index in [0.717, 1.165) is 24.8 Å². The molecule has 0 spiro atoms. The van der Waals surface area contributed by atoms with Crippen molar-refractivity contribution in [1.82, 2.24) is 5.32 Å². The number of anilines is 1. The van der Waals surface area contributed by atoms with Crippen LogP contribution in [0.4, 0.5) is 5.69 Å². The van der Waals surface area contributed by atoms with Crippen molar-refractivity contribution in [3.8, 4) is 0 Å². The molecule has 2 aromatic rings. The van der Waals surface area contributed by atoms with E-state index in [1.54, 1.807) is 18.2 Å². The third kappa shape index (κ3) is 3.60. The molecule has 0 bridgehead atoms. The van der Waals surface area contributed by atoms with Gasteiger partial charge in [0.1, 0.15) is 0 Å². The minimum absolute atomic E-state index is 0.0815. The van der Waals surface area contributed by atoms with Crippen LogP contribution in [0.15, 0.2) is 36.4 Å². The first kappa shape index (κ1) is 16.5. The lowest BCUT2D eigenvalue weighted by atomic mass is 10.1. The molecule has 0 atom stereocenters. The van der Waals surface area contributed by atoms with Gasteiger partial charge in [0, 0.05) is 16.3 Å². The van der Waals surface area contributed by atoms with E-state index in [1.165, 1.54) is 11.1 Å². The van der Waals surface area contributed by atoms with Crippen molar-refractivity contribution in [2.45, 2.75) is 26.2 Å². The zero-order valence-electron chi connectivity index (χ0n) is 13.5. The summed E-state index contributed by atoms with van der Waals surface area (Å²) in [6, 6.07) is 11.1. The maximum absolute atomic E-state index is 12.2. The van der Waals surface area contributed by atoms with Crippen LogP contribution >= 0.6 is 11.6 Å². The molecule has 0 fully saturated rings. The summed E-state index contributed by atoms with van der Waals surface area (Å²) in [7, 11) is 0. The van der Waals surface area contributed by atoms with E-state index in [1.807, 2.05) is 25.1 Å². The summed E-state index contributed by atoms with van der Waals surface area (Å²) in [6.45, 7) is 1.75. The summed E-state index contributed by atoms with van der Waals surface area (Å²) in [5.41, 5.74) is 4.61. The molecular formula is C19H19ClN2O2. The second-order valence-electron chi connectivity index (χ2n) is 5.98. The standard InChI is InChI=1S/C19H19ClN2O2/c1-12-16(20)6-3-7-17(12)22-18(23)11-21-19(24)15-9-8-13-4-2-5-14(13)10-15/h3,6-10H,2,4-5,11H2,1H3,(H,21,24)(H,22,23). The summed E-state index contributed by atoms with van der Waals surface area (Å²) >= 11 is 6.03. The van der Waals surface area contributed by atoms with Crippen LogP contribution in [0, 0.1) is 6.92 Å². The first-order valence-electron chi connectivity index (χ1n) is 7.99. The number of hydrogen-bond donors (Lipinski definition) is 2. The van der Waals surface area contributed by atoms with E-state index in [-0.39, 0.29) is 18.4 Å². The van der Waals surface area contributed by atoms with Gasteiger partial charge in [-0.25, -0.2) is 0 Å². The minimum Gasteiger partial charge on any atom is -0.343 e. The quantitative estimate of drug-likeness (QED) is 0.893. The molecule has 3 rings (SSSR count). The molecule has 0 aromatic heterocycles. The Hall–Kier alpha value is -2.33. The molecule has 0 saturated heterocycles. The van der Waals surface area contributed by atoms with Crippen molar-refractivity contribution in [3.63, 3.8) is 0 Å². The highest BCUT2D eigenvalue weighted by Crippen LogP contribution is 2.23. The van der Waals surface area contributed by atoms with Crippen LogP contribution in [0.5, 0.6) is 0 Å². The molecule has 2 aromatic carbocycles. The van der Waals surface area contributed by atoms with E-state index in [2.05, 4.69) is 10.6 Å². The predicted molar refractivity (Wildman–Crippen MR) is 95.6 cm³/mol. The first-order valence-corrected chi connectivity index (χ1v) is 8.37. The smallest absolute Gasteiger partial charge is 0.251 e. The Morgan fingerprint density at radius 1 is 1.12 bits per heavy atom. The van der Waals surface area contributed by atoms with Crippen LogP contribution < -0.4 is 10.6 Å². The van der Waals surface area contributed by atoms with E-state index in [0.29, 0.717) is 16.3 Å². The van der Waals surface area contributed by atoms with Crippen molar-refractivity contribution in [2.24, 2.45) is 0 Å². The van der Waals surface area contributed by atoms with Crippen LogP contribution in [0.1, 0.15) is 33.5 Å². The second-order valence-corrected chi connectivity index (χ2v) is 6.39. The lowest BCUT2D eigenvalue weighted by molar-refractivity contribution is -0.115. The lowest BCUT2D eigenvalue weighted by Crippen LogP contribution is -2.33. The Morgan fingerprint density at radius 2 is 1.92 bits per heavy atom. The van der Waals surface area contributed by atoms with E-state index in [4.69, 9.17) is 11.6 Å². The maximum Gasteiger partial charge on any atom is 0.251 e. The number of amides is 2. The number of benzene rings is 2. The predicted octanol–water partition coefficient (Wildman–Crippen LogP) is 3.51. The van der Waals surface area contributed by atoms with Crippen molar-refractivity contribution in [1.29, 1.82) is 0 Å². The average Bonchev–Trinajstić information content (AvgIpc) is 3.04. The summed E-state index contributed by atoms with van der Waals surface area (Å²) < 4.78 is 0. The molecule has 0 aliphatic heterocycles.